The lowest BCUT2D eigenvalue weighted by molar-refractivity contribution is -0.143. The van der Waals surface area contributed by atoms with Gasteiger partial charge >= 0.3 is 5.97 Å². The molecule has 5 nitrogen and oxygen atoms in total. The molecule has 0 aliphatic heterocycles. The van der Waals surface area contributed by atoms with Crippen LogP contribution in [-0.2, 0) is 9.59 Å². The quantitative estimate of drug-likeness (QED) is 0.717. The Morgan fingerprint density at radius 3 is 2.00 bits per heavy atom. The van der Waals surface area contributed by atoms with Crippen LogP contribution in [0.5, 0.6) is 0 Å². The summed E-state index contributed by atoms with van der Waals surface area (Å²) in [4.78, 5) is 23.1. The number of likely N-dealkylation sites (N-methyl/N-ethyl adjacent to an activating group) is 1. The fourth-order valence-corrected chi connectivity index (χ4v) is 1.14. The average Bonchev–Trinajstić information content (AvgIpc) is 2.19. The third-order valence-electron chi connectivity index (χ3n) is 2.26. The molecule has 0 radical (unpaired) electrons. The van der Waals surface area contributed by atoms with Gasteiger partial charge in [0.05, 0.1) is 0 Å². The molecular weight excluding hydrogens is 208 g/mol. The predicted molar refractivity (Wildman–Crippen MR) is 64.1 cm³/mol. The summed E-state index contributed by atoms with van der Waals surface area (Å²) >= 11 is 0. The molecule has 1 atom stereocenters. The molecule has 0 saturated carbocycles. The van der Waals surface area contributed by atoms with Gasteiger partial charge in [-0.15, -0.1) is 0 Å². The molecule has 1 amide bonds. The first-order valence-corrected chi connectivity index (χ1v) is 5.59. The highest BCUT2D eigenvalue weighted by atomic mass is 16.4. The fourth-order valence-electron chi connectivity index (χ4n) is 1.14. The maximum absolute atomic E-state index is 10.9. The summed E-state index contributed by atoms with van der Waals surface area (Å²) in [5.74, 6) is -1.38. The van der Waals surface area contributed by atoms with Crippen LogP contribution in [-0.4, -0.2) is 41.0 Å². The first-order chi connectivity index (χ1) is 7.36. The van der Waals surface area contributed by atoms with Crippen molar-refractivity contribution in [3.63, 3.8) is 0 Å². The summed E-state index contributed by atoms with van der Waals surface area (Å²) in [6, 6.07) is -0.508. The molecule has 3 N–H and O–H groups in total. The third-order valence-corrected chi connectivity index (χ3v) is 2.26. The molecular formula is C11H24N2O3. The van der Waals surface area contributed by atoms with Crippen LogP contribution in [0.25, 0.3) is 0 Å². The minimum absolute atomic E-state index is 0.105. The summed E-state index contributed by atoms with van der Waals surface area (Å²) in [6.07, 6.45) is 0.368. The summed E-state index contributed by atoms with van der Waals surface area (Å²) in [6.45, 7) is 7.81. The van der Waals surface area contributed by atoms with E-state index in [4.69, 9.17) is 10.8 Å². The molecule has 0 saturated heterocycles. The lowest BCUT2D eigenvalue weighted by atomic mass is 10.1. The van der Waals surface area contributed by atoms with Crippen LogP contribution < -0.4 is 5.73 Å². The standard InChI is InChI=1S/C9H18N2O3.C2H6/c1-6(2)11(3)7(9(13)14)4-5-8(10)12;1-2/h6-7H,4-5H2,1-3H3,(H2,10,12)(H,13,14);1-2H3. The molecule has 0 spiro atoms. The Bertz CT molecular complexity index is 217. The van der Waals surface area contributed by atoms with Crippen molar-refractivity contribution in [3.8, 4) is 0 Å². The van der Waals surface area contributed by atoms with Gasteiger partial charge < -0.3 is 10.8 Å². The van der Waals surface area contributed by atoms with E-state index in [0.29, 0.717) is 0 Å². The second kappa shape index (κ2) is 9.15. The van der Waals surface area contributed by atoms with Crippen molar-refractivity contribution in [2.45, 2.75) is 52.6 Å². The van der Waals surface area contributed by atoms with Gasteiger partial charge in [-0.3, -0.25) is 14.5 Å². The molecule has 0 rings (SSSR count). The number of carboxylic acids is 1. The van der Waals surface area contributed by atoms with Crippen molar-refractivity contribution in [2.75, 3.05) is 7.05 Å². The Hall–Kier alpha value is -1.10. The number of nitrogens with two attached hydrogens (primary N) is 1. The van der Waals surface area contributed by atoms with E-state index >= 15 is 0 Å². The van der Waals surface area contributed by atoms with E-state index in [0.717, 1.165) is 0 Å². The molecule has 0 aromatic heterocycles. The molecule has 5 heteroatoms. The third kappa shape index (κ3) is 7.23. The minimum Gasteiger partial charge on any atom is -0.480 e. The molecule has 0 heterocycles. The molecule has 0 aliphatic rings. The van der Waals surface area contributed by atoms with Gasteiger partial charge in [-0.2, -0.15) is 0 Å². The highest BCUT2D eigenvalue weighted by molar-refractivity contribution is 5.77. The van der Waals surface area contributed by atoms with Gasteiger partial charge in [0.2, 0.25) is 5.91 Å². The van der Waals surface area contributed by atoms with Gasteiger partial charge in [-0.05, 0) is 27.3 Å². The number of primary amides is 1. The Balaban J connectivity index is 0. The van der Waals surface area contributed by atoms with Crippen LogP contribution in [0.15, 0.2) is 0 Å². The van der Waals surface area contributed by atoms with Gasteiger partial charge in [0, 0.05) is 12.5 Å². The zero-order chi connectivity index (χ0) is 13.3. The van der Waals surface area contributed by atoms with Crippen molar-refractivity contribution >= 4 is 11.9 Å². The number of carbonyl (C=O) groups excluding carboxylic acids is 1. The minimum atomic E-state index is -0.914. The number of carboxylic acid groups (broad SMARTS) is 1. The van der Waals surface area contributed by atoms with Gasteiger partial charge in [0.15, 0.2) is 0 Å². The van der Waals surface area contributed by atoms with Crippen LogP contribution in [0.4, 0.5) is 0 Å². The topological polar surface area (TPSA) is 83.6 Å². The largest absolute Gasteiger partial charge is 0.480 e. The van der Waals surface area contributed by atoms with Gasteiger partial charge in [-0.25, -0.2) is 0 Å². The number of carbonyl (C=O) groups is 2. The second-order valence-electron chi connectivity index (χ2n) is 3.62. The number of rotatable bonds is 6. The van der Waals surface area contributed by atoms with E-state index in [9.17, 15) is 9.59 Å². The fraction of sp³-hybridized carbons (Fsp3) is 0.818. The van der Waals surface area contributed by atoms with Crippen LogP contribution in [0.2, 0.25) is 0 Å². The predicted octanol–water partition coefficient (Wildman–Crippen LogP) is 1.07. The summed E-state index contributed by atoms with van der Waals surface area (Å²) in [7, 11) is 1.73. The summed E-state index contributed by atoms with van der Waals surface area (Å²) in [5, 5.41) is 8.91. The number of hydrogen-bond acceptors (Lipinski definition) is 3. The molecule has 0 aliphatic carbocycles. The smallest absolute Gasteiger partial charge is 0.320 e. The number of hydrogen-bond donors (Lipinski definition) is 2. The molecule has 0 aromatic rings. The molecule has 0 aromatic carbocycles. The number of aliphatic carboxylic acids is 1. The normalized spacial score (nSPS) is 11.9. The number of amides is 1. The SMILES string of the molecule is CC.CC(C)N(C)C(CCC(N)=O)C(=O)O. The highest BCUT2D eigenvalue weighted by Gasteiger charge is 2.24. The van der Waals surface area contributed by atoms with Crippen LogP contribution in [0, 0.1) is 0 Å². The Kier molecular flexibility index (Phi) is 9.89. The first kappa shape index (κ1) is 17.3. The maximum atomic E-state index is 10.9. The molecule has 1 unspecified atom stereocenters. The van der Waals surface area contributed by atoms with E-state index in [2.05, 4.69) is 0 Å². The Labute approximate surface area is 97.6 Å². The molecule has 0 bridgehead atoms. The van der Waals surface area contributed by atoms with Gasteiger partial charge in [0.1, 0.15) is 6.04 Å². The molecule has 96 valence electrons. The van der Waals surface area contributed by atoms with Crippen molar-refractivity contribution in [1.29, 1.82) is 0 Å². The van der Waals surface area contributed by atoms with Crippen molar-refractivity contribution in [2.24, 2.45) is 5.73 Å². The lowest BCUT2D eigenvalue weighted by Crippen LogP contribution is -2.43. The van der Waals surface area contributed by atoms with Crippen molar-refractivity contribution < 1.29 is 14.7 Å². The monoisotopic (exact) mass is 232 g/mol. The van der Waals surface area contributed by atoms with E-state index in [1.807, 2.05) is 27.7 Å². The Morgan fingerprint density at radius 1 is 1.31 bits per heavy atom. The average molecular weight is 232 g/mol. The van der Waals surface area contributed by atoms with E-state index < -0.39 is 17.9 Å². The van der Waals surface area contributed by atoms with E-state index in [1.165, 1.54) is 0 Å². The van der Waals surface area contributed by atoms with Gasteiger partial charge in [-0.1, -0.05) is 13.8 Å². The zero-order valence-corrected chi connectivity index (χ0v) is 10.9. The zero-order valence-electron chi connectivity index (χ0n) is 10.9. The molecule has 0 fully saturated rings. The van der Waals surface area contributed by atoms with Crippen molar-refractivity contribution in [1.82, 2.24) is 4.90 Å². The Morgan fingerprint density at radius 2 is 1.75 bits per heavy atom. The van der Waals surface area contributed by atoms with E-state index in [1.54, 1.807) is 11.9 Å². The molecule has 16 heavy (non-hydrogen) atoms. The second-order valence-corrected chi connectivity index (χ2v) is 3.62. The van der Waals surface area contributed by atoms with Crippen LogP contribution in [0.1, 0.15) is 40.5 Å². The van der Waals surface area contributed by atoms with Crippen LogP contribution >= 0.6 is 0 Å². The highest BCUT2D eigenvalue weighted by Crippen LogP contribution is 2.08. The van der Waals surface area contributed by atoms with E-state index in [-0.39, 0.29) is 18.9 Å². The van der Waals surface area contributed by atoms with Gasteiger partial charge in [0.25, 0.3) is 0 Å². The number of nitrogens with zero attached hydrogens (tertiary/aromatic N) is 1. The first-order valence-electron chi connectivity index (χ1n) is 5.59. The van der Waals surface area contributed by atoms with Crippen LogP contribution in [0.3, 0.4) is 0 Å². The van der Waals surface area contributed by atoms with Crippen molar-refractivity contribution in [3.05, 3.63) is 0 Å². The maximum Gasteiger partial charge on any atom is 0.320 e. The lowest BCUT2D eigenvalue weighted by Gasteiger charge is -2.27. The summed E-state index contributed by atoms with van der Waals surface area (Å²) < 4.78 is 0. The summed E-state index contributed by atoms with van der Waals surface area (Å²) in [5.41, 5.74) is 4.97.